The van der Waals surface area contributed by atoms with Gasteiger partial charge in [-0.25, -0.2) is 0 Å². The van der Waals surface area contributed by atoms with Crippen LogP contribution in [0.15, 0.2) is 24.5 Å². The molecule has 0 aromatic carbocycles. The van der Waals surface area contributed by atoms with Crippen LogP contribution in [0.4, 0.5) is 0 Å². The maximum atomic E-state index is 4.14. The molecule has 0 unspecified atom stereocenters. The topological polar surface area (TPSA) is 24.9 Å². The van der Waals surface area contributed by atoms with Crippen LogP contribution in [0, 0.1) is 5.92 Å². The van der Waals surface area contributed by atoms with E-state index in [0.717, 1.165) is 18.9 Å². The molecule has 1 aromatic heterocycles. The van der Waals surface area contributed by atoms with Crippen LogP contribution < -0.4 is 5.32 Å². The van der Waals surface area contributed by atoms with E-state index in [1.807, 2.05) is 18.5 Å². The summed E-state index contributed by atoms with van der Waals surface area (Å²) < 4.78 is 0. The third kappa shape index (κ3) is 4.12. The summed E-state index contributed by atoms with van der Waals surface area (Å²) in [5, 5.41) is 3.67. The predicted octanol–water partition coefficient (Wildman–Crippen LogP) is 3.18. The van der Waals surface area contributed by atoms with E-state index in [9.17, 15) is 0 Å². The minimum atomic E-state index is 0.673. The van der Waals surface area contributed by atoms with Crippen LogP contribution in [0.25, 0.3) is 0 Å². The lowest BCUT2D eigenvalue weighted by Crippen LogP contribution is -2.35. The van der Waals surface area contributed by atoms with E-state index in [2.05, 4.69) is 23.3 Å². The van der Waals surface area contributed by atoms with Crippen molar-refractivity contribution in [1.82, 2.24) is 10.3 Å². The van der Waals surface area contributed by atoms with Crippen molar-refractivity contribution in [1.29, 1.82) is 0 Å². The van der Waals surface area contributed by atoms with Gasteiger partial charge in [-0.1, -0.05) is 25.3 Å². The van der Waals surface area contributed by atoms with Crippen molar-refractivity contribution in [3.8, 4) is 0 Å². The fourth-order valence-corrected chi connectivity index (χ4v) is 2.79. The zero-order valence-corrected chi connectivity index (χ0v) is 10.9. The van der Waals surface area contributed by atoms with Crippen molar-refractivity contribution in [2.24, 2.45) is 5.92 Å². The van der Waals surface area contributed by atoms with Gasteiger partial charge in [0.1, 0.15) is 0 Å². The Balaban J connectivity index is 1.67. The third-order valence-electron chi connectivity index (χ3n) is 3.96. The molecule has 0 bridgehead atoms. The molecule has 1 saturated carbocycles. The lowest BCUT2D eigenvalue weighted by molar-refractivity contribution is 0.283. The molecule has 1 aromatic rings. The summed E-state index contributed by atoms with van der Waals surface area (Å²) >= 11 is 0. The SMILES string of the molecule is C[C@@H](NCCc1cccnc1)C1CCCCC1. The monoisotopic (exact) mass is 232 g/mol. The molecule has 1 fully saturated rings. The zero-order valence-electron chi connectivity index (χ0n) is 10.9. The van der Waals surface area contributed by atoms with Gasteiger partial charge in [-0.05, 0) is 50.3 Å². The molecule has 1 atom stereocenters. The number of nitrogens with one attached hydrogen (secondary N) is 1. The second kappa shape index (κ2) is 6.75. The zero-order chi connectivity index (χ0) is 11.9. The Morgan fingerprint density at radius 1 is 1.35 bits per heavy atom. The van der Waals surface area contributed by atoms with Crippen molar-refractivity contribution in [2.75, 3.05) is 6.54 Å². The minimum Gasteiger partial charge on any atom is -0.314 e. The molecule has 2 nitrogen and oxygen atoms in total. The molecule has 2 rings (SSSR count). The molecule has 1 heterocycles. The second-order valence-corrected chi connectivity index (χ2v) is 5.25. The Labute approximate surface area is 105 Å². The maximum absolute atomic E-state index is 4.14. The van der Waals surface area contributed by atoms with Crippen LogP contribution in [0.1, 0.15) is 44.6 Å². The van der Waals surface area contributed by atoms with E-state index in [-0.39, 0.29) is 0 Å². The number of rotatable bonds is 5. The first-order valence-corrected chi connectivity index (χ1v) is 6.98. The number of aromatic nitrogens is 1. The van der Waals surface area contributed by atoms with Gasteiger partial charge in [-0.2, -0.15) is 0 Å². The molecule has 0 saturated heterocycles. The molecule has 0 aliphatic heterocycles. The molecular formula is C15H24N2. The van der Waals surface area contributed by atoms with Crippen LogP contribution in [0.5, 0.6) is 0 Å². The van der Waals surface area contributed by atoms with Gasteiger partial charge in [0.25, 0.3) is 0 Å². The Kier molecular flexibility index (Phi) is 4.99. The minimum absolute atomic E-state index is 0.673. The Morgan fingerprint density at radius 2 is 2.18 bits per heavy atom. The van der Waals surface area contributed by atoms with E-state index in [4.69, 9.17) is 0 Å². The Bertz CT molecular complexity index is 304. The van der Waals surface area contributed by atoms with Gasteiger partial charge < -0.3 is 5.32 Å². The van der Waals surface area contributed by atoms with Crippen molar-refractivity contribution in [3.63, 3.8) is 0 Å². The van der Waals surface area contributed by atoms with Gasteiger partial charge in [-0.3, -0.25) is 4.98 Å². The summed E-state index contributed by atoms with van der Waals surface area (Å²) in [5.74, 6) is 0.901. The summed E-state index contributed by atoms with van der Waals surface area (Å²) in [6.45, 7) is 3.42. The van der Waals surface area contributed by atoms with E-state index < -0.39 is 0 Å². The van der Waals surface area contributed by atoms with Crippen LogP contribution >= 0.6 is 0 Å². The highest BCUT2D eigenvalue weighted by Crippen LogP contribution is 2.26. The first kappa shape index (κ1) is 12.6. The lowest BCUT2D eigenvalue weighted by atomic mass is 9.84. The summed E-state index contributed by atoms with van der Waals surface area (Å²) in [5.41, 5.74) is 1.33. The summed E-state index contributed by atoms with van der Waals surface area (Å²) in [7, 11) is 0. The average Bonchev–Trinajstić information content (AvgIpc) is 2.41. The van der Waals surface area contributed by atoms with Gasteiger partial charge in [-0.15, -0.1) is 0 Å². The summed E-state index contributed by atoms with van der Waals surface area (Å²) in [4.78, 5) is 4.14. The fourth-order valence-electron chi connectivity index (χ4n) is 2.79. The van der Waals surface area contributed by atoms with Crippen LogP contribution in [-0.4, -0.2) is 17.6 Å². The van der Waals surface area contributed by atoms with Gasteiger partial charge in [0.15, 0.2) is 0 Å². The van der Waals surface area contributed by atoms with Crippen LogP contribution in [0.2, 0.25) is 0 Å². The largest absolute Gasteiger partial charge is 0.314 e. The van der Waals surface area contributed by atoms with Gasteiger partial charge in [0.2, 0.25) is 0 Å². The van der Waals surface area contributed by atoms with E-state index in [1.165, 1.54) is 37.7 Å². The lowest BCUT2D eigenvalue weighted by Gasteiger charge is -2.28. The Morgan fingerprint density at radius 3 is 2.88 bits per heavy atom. The fraction of sp³-hybridized carbons (Fsp3) is 0.667. The maximum Gasteiger partial charge on any atom is 0.0300 e. The number of nitrogens with zero attached hydrogens (tertiary/aromatic N) is 1. The highest BCUT2D eigenvalue weighted by Gasteiger charge is 2.19. The highest BCUT2D eigenvalue weighted by molar-refractivity contribution is 5.08. The average molecular weight is 232 g/mol. The molecule has 2 heteroatoms. The molecule has 17 heavy (non-hydrogen) atoms. The highest BCUT2D eigenvalue weighted by atomic mass is 14.9. The molecule has 1 N–H and O–H groups in total. The Hall–Kier alpha value is -0.890. The smallest absolute Gasteiger partial charge is 0.0300 e. The number of hydrogen-bond acceptors (Lipinski definition) is 2. The van der Waals surface area contributed by atoms with Crippen LogP contribution in [0.3, 0.4) is 0 Å². The summed E-state index contributed by atoms with van der Waals surface area (Å²) in [6.07, 6.45) is 12.0. The third-order valence-corrected chi connectivity index (χ3v) is 3.96. The second-order valence-electron chi connectivity index (χ2n) is 5.25. The van der Waals surface area contributed by atoms with Gasteiger partial charge in [0.05, 0.1) is 0 Å². The van der Waals surface area contributed by atoms with Crippen LogP contribution in [-0.2, 0) is 6.42 Å². The van der Waals surface area contributed by atoms with E-state index in [0.29, 0.717) is 6.04 Å². The molecule has 94 valence electrons. The molecular weight excluding hydrogens is 208 g/mol. The van der Waals surface area contributed by atoms with Crippen molar-refractivity contribution in [3.05, 3.63) is 30.1 Å². The van der Waals surface area contributed by atoms with Gasteiger partial charge in [0, 0.05) is 18.4 Å². The quantitative estimate of drug-likeness (QED) is 0.843. The molecule has 1 aliphatic carbocycles. The van der Waals surface area contributed by atoms with Gasteiger partial charge >= 0.3 is 0 Å². The van der Waals surface area contributed by atoms with E-state index >= 15 is 0 Å². The first-order valence-electron chi connectivity index (χ1n) is 6.98. The molecule has 0 radical (unpaired) electrons. The predicted molar refractivity (Wildman–Crippen MR) is 72.0 cm³/mol. The molecule has 1 aliphatic rings. The van der Waals surface area contributed by atoms with E-state index in [1.54, 1.807) is 0 Å². The number of pyridine rings is 1. The van der Waals surface area contributed by atoms with Crippen molar-refractivity contribution < 1.29 is 0 Å². The first-order chi connectivity index (χ1) is 8.36. The normalized spacial score (nSPS) is 19.1. The summed E-state index contributed by atoms with van der Waals surface area (Å²) in [6, 6.07) is 4.84. The number of hydrogen-bond donors (Lipinski definition) is 1. The van der Waals surface area contributed by atoms with Crippen molar-refractivity contribution in [2.45, 2.75) is 51.5 Å². The van der Waals surface area contributed by atoms with Crippen molar-refractivity contribution >= 4 is 0 Å². The molecule has 0 spiro atoms. The standard InChI is InChI=1S/C15H24N2/c1-13(15-7-3-2-4-8-15)17-11-9-14-6-5-10-16-12-14/h5-6,10,12-13,15,17H,2-4,7-9,11H2,1H3/t13-/m1/s1. The molecule has 0 amide bonds.